The second-order valence-electron chi connectivity index (χ2n) is 6.49. The monoisotopic (exact) mass is 398 g/mol. The van der Waals surface area contributed by atoms with E-state index in [0.717, 1.165) is 16.5 Å². The van der Waals surface area contributed by atoms with Crippen molar-refractivity contribution < 1.29 is 18.7 Å². The first kappa shape index (κ1) is 20.2. The molecule has 0 radical (unpaired) electrons. The number of aromatic nitrogens is 1. The lowest BCUT2D eigenvalue weighted by Gasteiger charge is -2.10. The fourth-order valence-electron chi connectivity index (χ4n) is 2.94. The van der Waals surface area contributed by atoms with E-state index in [1.807, 2.05) is 6.20 Å². The molecular formula is C21H23FN4O3. The van der Waals surface area contributed by atoms with Crippen LogP contribution in [0.4, 0.5) is 14.9 Å². The molecule has 3 amide bonds. The van der Waals surface area contributed by atoms with Crippen LogP contribution in [0.5, 0.6) is 5.75 Å². The third-order valence-corrected chi connectivity index (χ3v) is 4.22. The van der Waals surface area contributed by atoms with E-state index in [0.29, 0.717) is 37.6 Å². The van der Waals surface area contributed by atoms with Gasteiger partial charge in [-0.3, -0.25) is 4.79 Å². The number of aromatic amines is 1. The molecule has 0 unspecified atom stereocenters. The van der Waals surface area contributed by atoms with E-state index in [9.17, 15) is 14.0 Å². The molecule has 0 saturated carbocycles. The quantitative estimate of drug-likeness (QED) is 0.439. The Kier molecular flexibility index (Phi) is 6.67. The van der Waals surface area contributed by atoms with Crippen molar-refractivity contribution in [3.05, 3.63) is 60.0 Å². The van der Waals surface area contributed by atoms with E-state index in [1.165, 1.54) is 19.1 Å². The van der Waals surface area contributed by atoms with Gasteiger partial charge in [-0.2, -0.15) is 0 Å². The van der Waals surface area contributed by atoms with Crippen LogP contribution in [0.2, 0.25) is 0 Å². The first-order valence-corrected chi connectivity index (χ1v) is 9.29. The van der Waals surface area contributed by atoms with Crippen LogP contribution < -0.4 is 20.7 Å². The molecule has 0 aliphatic rings. The number of rotatable bonds is 8. The maximum Gasteiger partial charge on any atom is 0.314 e. The lowest BCUT2D eigenvalue weighted by Crippen LogP contribution is -2.38. The summed E-state index contributed by atoms with van der Waals surface area (Å²) in [7, 11) is 0. The highest BCUT2D eigenvalue weighted by Gasteiger charge is 2.06. The molecule has 4 N–H and O–H groups in total. The molecule has 0 fully saturated rings. The highest BCUT2D eigenvalue weighted by Crippen LogP contribution is 2.19. The normalized spacial score (nSPS) is 10.6. The molecule has 3 rings (SSSR count). The molecule has 0 aliphatic carbocycles. The Balaban J connectivity index is 1.35. The van der Waals surface area contributed by atoms with Gasteiger partial charge in [-0.25, -0.2) is 9.18 Å². The number of benzene rings is 2. The third-order valence-electron chi connectivity index (χ3n) is 4.22. The highest BCUT2D eigenvalue weighted by atomic mass is 19.1. The second-order valence-corrected chi connectivity index (χ2v) is 6.49. The summed E-state index contributed by atoms with van der Waals surface area (Å²) < 4.78 is 18.8. The van der Waals surface area contributed by atoms with Crippen LogP contribution in [-0.4, -0.2) is 36.6 Å². The van der Waals surface area contributed by atoms with Gasteiger partial charge in [-0.15, -0.1) is 0 Å². The largest absolute Gasteiger partial charge is 0.492 e. The summed E-state index contributed by atoms with van der Waals surface area (Å²) >= 11 is 0. The van der Waals surface area contributed by atoms with E-state index >= 15 is 0 Å². The van der Waals surface area contributed by atoms with Gasteiger partial charge in [0.25, 0.3) is 0 Å². The molecule has 7 nitrogen and oxygen atoms in total. The minimum absolute atomic E-state index is 0.153. The topological polar surface area (TPSA) is 95.2 Å². The van der Waals surface area contributed by atoms with Crippen LogP contribution >= 0.6 is 0 Å². The van der Waals surface area contributed by atoms with Crippen molar-refractivity contribution in [3.63, 3.8) is 0 Å². The molecular weight excluding hydrogens is 375 g/mol. The molecule has 0 spiro atoms. The highest BCUT2D eigenvalue weighted by molar-refractivity contribution is 5.88. The van der Waals surface area contributed by atoms with Crippen molar-refractivity contribution in [1.82, 2.24) is 15.6 Å². The van der Waals surface area contributed by atoms with E-state index in [2.05, 4.69) is 20.9 Å². The Morgan fingerprint density at radius 1 is 1.10 bits per heavy atom. The number of urea groups is 1. The summed E-state index contributed by atoms with van der Waals surface area (Å²) in [5, 5.41) is 9.14. The van der Waals surface area contributed by atoms with Gasteiger partial charge in [-0.05, 0) is 42.3 Å². The van der Waals surface area contributed by atoms with Crippen LogP contribution in [0.15, 0.2) is 48.7 Å². The summed E-state index contributed by atoms with van der Waals surface area (Å²) in [6.45, 7) is 2.53. The molecule has 0 saturated heterocycles. The summed E-state index contributed by atoms with van der Waals surface area (Å²) in [6.07, 6.45) is 2.46. The summed E-state index contributed by atoms with van der Waals surface area (Å²) in [4.78, 5) is 26.0. The van der Waals surface area contributed by atoms with E-state index in [-0.39, 0.29) is 17.8 Å². The van der Waals surface area contributed by atoms with Gasteiger partial charge >= 0.3 is 6.03 Å². The fourth-order valence-corrected chi connectivity index (χ4v) is 2.94. The van der Waals surface area contributed by atoms with Crippen molar-refractivity contribution in [2.45, 2.75) is 13.3 Å². The summed E-state index contributed by atoms with van der Waals surface area (Å²) in [5.41, 5.74) is 2.41. The molecule has 0 bridgehead atoms. The number of fused-ring (bicyclic) bond motifs is 1. The number of nitrogens with one attached hydrogen (secondary N) is 4. The summed E-state index contributed by atoms with van der Waals surface area (Å²) in [6, 6.07) is 11.4. The molecule has 3 aromatic rings. The first-order chi connectivity index (χ1) is 14.0. The minimum atomic E-state index is -0.286. The number of hydrogen-bond acceptors (Lipinski definition) is 3. The van der Waals surface area contributed by atoms with Crippen LogP contribution in [-0.2, 0) is 11.2 Å². The summed E-state index contributed by atoms with van der Waals surface area (Å²) in [5.74, 6) is 0.169. The van der Waals surface area contributed by atoms with Gasteiger partial charge < -0.3 is 25.7 Å². The van der Waals surface area contributed by atoms with Crippen LogP contribution in [0.25, 0.3) is 10.9 Å². The van der Waals surface area contributed by atoms with Gasteiger partial charge in [0.1, 0.15) is 18.2 Å². The van der Waals surface area contributed by atoms with Crippen molar-refractivity contribution in [2.24, 2.45) is 0 Å². The molecule has 0 atom stereocenters. The van der Waals surface area contributed by atoms with Crippen molar-refractivity contribution in [1.29, 1.82) is 0 Å². The molecule has 2 aromatic carbocycles. The van der Waals surface area contributed by atoms with Crippen molar-refractivity contribution >= 4 is 28.5 Å². The Morgan fingerprint density at radius 3 is 2.76 bits per heavy atom. The number of carbonyl (C=O) groups excluding carboxylic acids is 2. The Labute approximate surface area is 167 Å². The van der Waals surface area contributed by atoms with Gasteiger partial charge in [0.2, 0.25) is 5.91 Å². The molecule has 0 aliphatic heterocycles. The number of H-pyrrole nitrogens is 1. The molecule has 152 valence electrons. The van der Waals surface area contributed by atoms with Crippen molar-refractivity contribution in [2.75, 3.05) is 25.0 Å². The molecule has 1 heterocycles. The Bertz CT molecular complexity index is 1000. The SMILES string of the molecule is CC(=O)Nc1cccc(OCCNC(=O)NCCc2c[nH]c3cc(F)ccc23)c1. The minimum Gasteiger partial charge on any atom is -0.492 e. The number of ether oxygens (including phenoxy) is 1. The molecule has 8 heteroatoms. The van der Waals surface area contributed by atoms with Crippen molar-refractivity contribution in [3.8, 4) is 5.75 Å². The average molecular weight is 398 g/mol. The zero-order valence-electron chi connectivity index (χ0n) is 16.0. The van der Waals surface area contributed by atoms with Crippen LogP contribution in [0.1, 0.15) is 12.5 Å². The molecule has 1 aromatic heterocycles. The van der Waals surface area contributed by atoms with Gasteiger partial charge in [0.05, 0.1) is 6.54 Å². The zero-order valence-corrected chi connectivity index (χ0v) is 16.0. The first-order valence-electron chi connectivity index (χ1n) is 9.29. The van der Waals surface area contributed by atoms with Crippen LogP contribution in [0, 0.1) is 5.82 Å². The predicted molar refractivity (Wildman–Crippen MR) is 110 cm³/mol. The fraction of sp³-hybridized carbons (Fsp3) is 0.238. The zero-order chi connectivity index (χ0) is 20.6. The number of hydrogen-bond donors (Lipinski definition) is 4. The lowest BCUT2D eigenvalue weighted by molar-refractivity contribution is -0.114. The molecule has 29 heavy (non-hydrogen) atoms. The number of amides is 3. The Hall–Kier alpha value is -3.55. The third kappa shape index (κ3) is 5.97. The van der Waals surface area contributed by atoms with Gasteiger partial charge in [0.15, 0.2) is 0 Å². The maximum atomic E-state index is 13.2. The van der Waals surface area contributed by atoms with Crippen LogP contribution in [0.3, 0.4) is 0 Å². The maximum absolute atomic E-state index is 13.2. The standard InChI is InChI=1S/C21H23FN4O3/c1-14(27)26-17-3-2-4-18(12-17)29-10-9-24-21(28)23-8-7-15-13-25-20-11-16(22)5-6-19(15)20/h2-6,11-13,25H,7-10H2,1H3,(H,26,27)(H2,23,24,28). The Morgan fingerprint density at radius 2 is 1.93 bits per heavy atom. The van der Waals surface area contributed by atoms with E-state index in [4.69, 9.17) is 4.74 Å². The number of anilines is 1. The average Bonchev–Trinajstić information content (AvgIpc) is 3.07. The second kappa shape index (κ2) is 9.59. The van der Waals surface area contributed by atoms with Gasteiger partial charge in [-0.1, -0.05) is 6.07 Å². The number of halogens is 1. The number of carbonyl (C=O) groups is 2. The smallest absolute Gasteiger partial charge is 0.314 e. The van der Waals surface area contributed by atoms with Gasteiger partial charge in [0, 0.05) is 42.3 Å². The van der Waals surface area contributed by atoms with E-state index < -0.39 is 0 Å². The van der Waals surface area contributed by atoms with E-state index in [1.54, 1.807) is 30.3 Å². The predicted octanol–water partition coefficient (Wildman–Crippen LogP) is 3.19. The lowest BCUT2D eigenvalue weighted by atomic mass is 10.1.